The number of rotatable bonds is 3. The lowest BCUT2D eigenvalue weighted by molar-refractivity contribution is 0.286. The van der Waals surface area contributed by atoms with Gasteiger partial charge in [0.25, 0.3) is 0 Å². The van der Waals surface area contributed by atoms with Gasteiger partial charge in [-0.1, -0.05) is 0 Å². The van der Waals surface area contributed by atoms with Crippen LogP contribution in [0.2, 0.25) is 0 Å². The molecule has 0 spiro atoms. The van der Waals surface area contributed by atoms with Gasteiger partial charge in [0.1, 0.15) is 5.76 Å². The summed E-state index contributed by atoms with van der Waals surface area (Å²) in [6.45, 7) is 6.84. The van der Waals surface area contributed by atoms with E-state index in [9.17, 15) is 0 Å². The molecule has 1 N–H and O–H groups in total. The van der Waals surface area contributed by atoms with Gasteiger partial charge in [0, 0.05) is 32.1 Å². The van der Waals surface area contributed by atoms with Crippen LogP contribution in [0.15, 0.2) is 22.8 Å². The Labute approximate surface area is 91.4 Å². The maximum Gasteiger partial charge on any atom is 0.105 e. The number of nitrogens with zero attached hydrogens (tertiary/aromatic N) is 1. The molecule has 3 nitrogen and oxygen atoms in total. The molecule has 1 aliphatic heterocycles. The van der Waals surface area contributed by atoms with Crippen molar-refractivity contribution in [2.45, 2.75) is 25.8 Å². The zero-order valence-corrected chi connectivity index (χ0v) is 9.41. The van der Waals surface area contributed by atoms with Gasteiger partial charge in [-0.15, -0.1) is 0 Å². The second-order valence-electron chi connectivity index (χ2n) is 4.31. The molecule has 2 heterocycles. The van der Waals surface area contributed by atoms with E-state index in [0.29, 0.717) is 6.04 Å². The molecule has 0 aliphatic carbocycles. The quantitative estimate of drug-likeness (QED) is 0.816. The summed E-state index contributed by atoms with van der Waals surface area (Å²) in [6, 6.07) is 4.68. The Morgan fingerprint density at radius 1 is 1.53 bits per heavy atom. The molecule has 1 unspecified atom stereocenters. The second-order valence-corrected chi connectivity index (χ2v) is 4.31. The highest BCUT2D eigenvalue weighted by atomic mass is 16.3. The van der Waals surface area contributed by atoms with Gasteiger partial charge >= 0.3 is 0 Å². The summed E-state index contributed by atoms with van der Waals surface area (Å²) < 4.78 is 5.33. The Morgan fingerprint density at radius 2 is 2.47 bits per heavy atom. The third-order valence-electron chi connectivity index (χ3n) is 3.05. The van der Waals surface area contributed by atoms with Crippen molar-refractivity contribution in [2.75, 3.05) is 26.2 Å². The molecule has 3 heteroatoms. The molecule has 1 aliphatic rings. The predicted octanol–water partition coefficient (Wildman–Crippen LogP) is 1.51. The minimum atomic E-state index is 0.665. The molecule has 1 aromatic heterocycles. The van der Waals surface area contributed by atoms with Crippen molar-refractivity contribution < 1.29 is 4.42 Å². The van der Waals surface area contributed by atoms with E-state index < -0.39 is 0 Å². The average molecular weight is 208 g/mol. The number of hydrogen-bond donors (Lipinski definition) is 1. The number of nitrogens with one attached hydrogen (secondary N) is 1. The molecule has 0 amide bonds. The van der Waals surface area contributed by atoms with Gasteiger partial charge in [-0.3, -0.25) is 0 Å². The molecule has 15 heavy (non-hydrogen) atoms. The topological polar surface area (TPSA) is 28.4 Å². The zero-order chi connectivity index (χ0) is 10.5. The molecule has 1 saturated heterocycles. The smallest absolute Gasteiger partial charge is 0.105 e. The summed E-state index contributed by atoms with van der Waals surface area (Å²) in [5.41, 5.74) is 0. The molecule has 84 valence electrons. The van der Waals surface area contributed by atoms with E-state index in [1.54, 1.807) is 6.26 Å². The zero-order valence-electron chi connectivity index (χ0n) is 9.41. The molecule has 0 radical (unpaired) electrons. The third kappa shape index (κ3) is 3.36. The standard InChI is InChI=1S/C12H20N2O/c1-11-4-7-14(9-6-13-11)8-5-12-3-2-10-15-12/h2-3,10-11,13H,4-9H2,1H3. The summed E-state index contributed by atoms with van der Waals surface area (Å²) in [7, 11) is 0. The van der Waals surface area contributed by atoms with Crippen LogP contribution in [0.4, 0.5) is 0 Å². The average Bonchev–Trinajstić information content (AvgIpc) is 2.66. The lowest BCUT2D eigenvalue weighted by Crippen LogP contribution is -2.30. The Morgan fingerprint density at radius 3 is 3.27 bits per heavy atom. The van der Waals surface area contributed by atoms with Gasteiger partial charge in [-0.2, -0.15) is 0 Å². The van der Waals surface area contributed by atoms with Crippen molar-refractivity contribution in [3.63, 3.8) is 0 Å². The van der Waals surface area contributed by atoms with Crippen LogP contribution in [0.1, 0.15) is 19.1 Å². The van der Waals surface area contributed by atoms with Gasteiger partial charge in [-0.05, 0) is 32.0 Å². The van der Waals surface area contributed by atoms with Crippen LogP contribution in [0.5, 0.6) is 0 Å². The summed E-state index contributed by atoms with van der Waals surface area (Å²) in [5, 5.41) is 3.50. The molecule has 1 aromatic rings. The summed E-state index contributed by atoms with van der Waals surface area (Å²) in [4.78, 5) is 2.51. The van der Waals surface area contributed by atoms with Crippen LogP contribution in [-0.4, -0.2) is 37.1 Å². The van der Waals surface area contributed by atoms with Crippen molar-refractivity contribution >= 4 is 0 Å². The molecular formula is C12H20N2O. The molecular weight excluding hydrogens is 188 g/mol. The lowest BCUT2D eigenvalue weighted by Gasteiger charge is -2.18. The maximum absolute atomic E-state index is 5.33. The van der Waals surface area contributed by atoms with Gasteiger partial charge in [0.2, 0.25) is 0 Å². The summed E-state index contributed by atoms with van der Waals surface area (Å²) >= 11 is 0. The maximum atomic E-state index is 5.33. The molecule has 1 fully saturated rings. The van der Waals surface area contributed by atoms with Crippen molar-refractivity contribution in [2.24, 2.45) is 0 Å². The first-order valence-electron chi connectivity index (χ1n) is 5.83. The fraction of sp³-hybridized carbons (Fsp3) is 0.667. The van der Waals surface area contributed by atoms with Crippen molar-refractivity contribution in [1.29, 1.82) is 0 Å². The third-order valence-corrected chi connectivity index (χ3v) is 3.05. The Bertz CT molecular complexity index is 271. The monoisotopic (exact) mass is 208 g/mol. The first kappa shape index (κ1) is 10.7. The van der Waals surface area contributed by atoms with E-state index in [1.165, 1.54) is 13.0 Å². The first-order valence-corrected chi connectivity index (χ1v) is 5.83. The predicted molar refractivity (Wildman–Crippen MR) is 60.9 cm³/mol. The highest BCUT2D eigenvalue weighted by Crippen LogP contribution is 2.05. The van der Waals surface area contributed by atoms with E-state index in [-0.39, 0.29) is 0 Å². The molecule has 0 aromatic carbocycles. The van der Waals surface area contributed by atoms with Crippen LogP contribution in [0.3, 0.4) is 0 Å². The van der Waals surface area contributed by atoms with Gasteiger partial charge in [0.15, 0.2) is 0 Å². The highest BCUT2D eigenvalue weighted by molar-refractivity contribution is 4.98. The van der Waals surface area contributed by atoms with Gasteiger partial charge < -0.3 is 14.6 Å². The van der Waals surface area contributed by atoms with Gasteiger partial charge in [0.05, 0.1) is 6.26 Å². The van der Waals surface area contributed by atoms with E-state index in [2.05, 4.69) is 23.2 Å². The van der Waals surface area contributed by atoms with E-state index in [1.807, 2.05) is 6.07 Å². The van der Waals surface area contributed by atoms with E-state index >= 15 is 0 Å². The van der Waals surface area contributed by atoms with Crippen molar-refractivity contribution in [3.05, 3.63) is 24.2 Å². The lowest BCUT2D eigenvalue weighted by atomic mass is 10.2. The Kier molecular flexibility index (Phi) is 3.80. The van der Waals surface area contributed by atoms with Crippen LogP contribution < -0.4 is 5.32 Å². The highest BCUT2D eigenvalue weighted by Gasteiger charge is 2.12. The molecule has 0 saturated carbocycles. The Hall–Kier alpha value is -0.800. The molecule has 1 atom stereocenters. The number of furan rings is 1. The molecule has 0 bridgehead atoms. The fourth-order valence-corrected chi connectivity index (χ4v) is 2.01. The van der Waals surface area contributed by atoms with Crippen molar-refractivity contribution in [3.8, 4) is 0 Å². The number of hydrogen-bond acceptors (Lipinski definition) is 3. The van der Waals surface area contributed by atoms with Gasteiger partial charge in [-0.25, -0.2) is 0 Å². The Balaban J connectivity index is 1.74. The van der Waals surface area contributed by atoms with Crippen LogP contribution >= 0.6 is 0 Å². The minimum absolute atomic E-state index is 0.665. The van der Waals surface area contributed by atoms with E-state index in [4.69, 9.17) is 4.42 Å². The molecule has 2 rings (SSSR count). The van der Waals surface area contributed by atoms with Crippen LogP contribution in [0, 0.1) is 0 Å². The summed E-state index contributed by atoms with van der Waals surface area (Å²) in [6.07, 6.45) is 4.03. The van der Waals surface area contributed by atoms with Crippen LogP contribution in [-0.2, 0) is 6.42 Å². The largest absolute Gasteiger partial charge is 0.469 e. The van der Waals surface area contributed by atoms with E-state index in [0.717, 1.165) is 31.8 Å². The van der Waals surface area contributed by atoms with Crippen LogP contribution in [0.25, 0.3) is 0 Å². The SMILES string of the molecule is CC1CCN(CCc2ccco2)CCN1. The van der Waals surface area contributed by atoms with Crippen molar-refractivity contribution in [1.82, 2.24) is 10.2 Å². The summed E-state index contributed by atoms with van der Waals surface area (Å²) in [5.74, 6) is 1.10. The fourth-order valence-electron chi connectivity index (χ4n) is 2.01. The first-order chi connectivity index (χ1) is 7.34. The second kappa shape index (κ2) is 5.33. The normalized spacial score (nSPS) is 23.9. The minimum Gasteiger partial charge on any atom is -0.469 e.